The highest BCUT2D eigenvalue weighted by molar-refractivity contribution is 4.83. The number of likely N-dealkylation sites (tertiary alicyclic amines) is 1. The maximum Gasteiger partial charge on any atom is 0.0558 e. The van der Waals surface area contributed by atoms with Crippen LogP contribution in [-0.4, -0.2) is 48.3 Å². The Bertz CT molecular complexity index is 171. The van der Waals surface area contributed by atoms with Crippen LogP contribution in [-0.2, 0) is 0 Å². The van der Waals surface area contributed by atoms with Crippen LogP contribution < -0.4 is 5.32 Å². The van der Waals surface area contributed by atoms with Gasteiger partial charge < -0.3 is 10.4 Å². The van der Waals surface area contributed by atoms with E-state index in [2.05, 4.69) is 10.2 Å². The summed E-state index contributed by atoms with van der Waals surface area (Å²) in [4.78, 5) is 2.44. The average Bonchev–Trinajstić information content (AvgIpc) is 2.89. The molecule has 0 aromatic carbocycles. The molecule has 2 fully saturated rings. The molecule has 1 saturated heterocycles. The molecule has 1 aliphatic heterocycles. The molecule has 0 radical (unpaired) electrons. The zero-order valence-electron chi connectivity index (χ0n) is 8.91. The Morgan fingerprint density at radius 2 is 2.14 bits per heavy atom. The number of nitrogens with zero attached hydrogens (tertiary/aromatic N) is 1. The minimum Gasteiger partial charge on any atom is -0.395 e. The quantitative estimate of drug-likeness (QED) is 0.655. The summed E-state index contributed by atoms with van der Waals surface area (Å²) in [7, 11) is 0. The van der Waals surface area contributed by atoms with Crippen molar-refractivity contribution >= 4 is 0 Å². The van der Waals surface area contributed by atoms with E-state index in [0.717, 1.165) is 25.2 Å². The number of hydrogen-bond acceptors (Lipinski definition) is 3. The molecular formula is C11H22N2O. The Morgan fingerprint density at radius 3 is 2.86 bits per heavy atom. The summed E-state index contributed by atoms with van der Waals surface area (Å²) in [5.41, 5.74) is 0. The van der Waals surface area contributed by atoms with Gasteiger partial charge in [-0.3, -0.25) is 4.90 Å². The summed E-state index contributed by atoms with van der Waals surface area (Å²) in [6.45, 7) is 3.53. The van der Waals surface area contributed by atoms with Crippen molar-refractivity contribution in [3.05, 3.63) is 0 Å². The fourth-order valence-electron chi connectivity index (χ4n) is 2.39. The van der Waals surface area contributed by atoms with Crippen LogP contribution in [0.15, 0.2) is 0 Å². The minimum absolute atomic E-state index is 0.312. The lowest BCUT2D eigenvalue weighted by atomic mass is 10.1. The predicted molar refractivity (Wildman–Crippen MR) is 57.3 cm³/mol. The van der Waals surface area contributed by atoms with Crippen LogP contribution in [0.5, 0.6) is 0 Å². The first-order valence-corrected chi connectivity index (χ1v) is 5.98. The predicted octanol–water partition coefficient (Wildman–Crippen LogP) is 0.585. The van der Waals surface area contributed by atoms with Gasteiger partial charge in [0.05, 0.1) is 6.61 Å². The van der Waals surface area contributed by atoms with Crippen molar-refractivity contribution in [2.75, 3.05) is 26.2 Å². The van der Waals surface area contributed by atoms with Gasteiger partial charge >= 0.3 is 0 Å². The molecule has 1 heterocycles. The zero-order valence-corrected chi connectivity index (χ0v) is 8.91. The van der Waals surface area contributed by atoms with Crippen LogP contribution in [0.2, 0.25) is 0 Å². The van der Waals surface area contributed by atoms with Crippen molar-refractivity contribution in [1.29, 1.82) is 0 Å². The Kier molecular flexibility index (Phi) is 3.79. The molecule has 3 heteroatoms. The molecule has 0 bridgehead atoms. The van der Waals surface area contributed by atoms with Crippen molar-refractivity contribution in [3.63, 3.8) is 0 Å². The fraction of sp³-hybridized carbons (Fsp3) is 1.00. The van der Waals surface area contributed by atoms with Gasteiger partial charge in [0, 0.05) is 18.6 Å². The SMILES string of the molecule is OCCN1CCCC1CCNC1CC1. The molecule has 1 atom stereocenters. The number of rotatable bonds is 6. The molecule has 1 unspecified atom stereocenters. The van der Waals surface area contributed by atoms with Crippen LogP contribution in [0.25, 0.3) is 0 Å². The Hall–Kier alpha value is -0.120. The number of hydrogen-bond donors (Lipinski definition) is 2. The van der Waals surface area contributed by atoms with E-state index < -0.39 is 0 Å². The van der Waals surface area contributed by atoms with E-state index in [1.54, 1.807) is 0 Å². The second kappa shape index (κ2) is 5.10. The van der Waals surface area contributed by atoms with E-state index in [1.165, 1.54) is 38.6 Å². The Labute approximate surface area is 86.5 Å². The topological polar surface area (TPSA) is 35.5 Å². The van der Waals surface area contributed by atoms with Crippen molar-refractivity contribution < 1.29 is 5.11 Å². The van der Waals surface area contributed by atoms with Gasteiger partial charge in [-0.15, -0.1) is 0 Å². The van der Waals surface area contributed by atoms with E-state index >= 15 is 0 Å². The highest BCUT2D eigenvalue weighted by atomic mass is 16.3. The van der Waals surface area contributed by atoms with Gasteiger partial charge in [0.1, 0.15) is 0 Å². The molecule has 0 amide bonds. The minimum atomic E-state index is 0.312. The van der Waals surface area contributed by atoms with E-state index in [1.807, 2.05) is 0 Å². The third-order valence-electron chi connectivity index (χ3n) is 3.37. The van der Waals surface area contributed by atoms with Crippen LogP contribution >= 0.6 is 0 Å². The third kappa shape index (κ3) is 2.94. The van der Waals surface area contributed by atoms with Crippen LogP contribution in [0, 0.1) is 0 Å². The lowest BCUT2D eigenvalue weighted by molar-refractivity contribution is 0.179. The first kappa shape index (κ1) is 10.4. The van der Waals surface area contributed by atoms with Gasteiger partial charge in [-0.2, -0.15) is 0 Å². The van der Waals surface area contributed by atoms with Gasteiger partial charge in [-0.05, 0) is 45.2 Å². The lowest BCUT2D eigenvalue weighted by Crippen LogP contribution is -2.34. The maximum atomic E-state index is 8.91. The summed E-state index contributed by atoms with van der Waals surface area (Å²) in [6, 6.07) is 1.57. The molecule has 2 aliphatic rings. The maximum absolute atomic E-state index is 8.91. The van der Waals surface area contributed by atoms with Crippen LogP contribution in [0.3, 0.4) is 0 Å². The Balaban J connectivity index is 1.61. The molecule has 3 nitrogen and oxygen atoms in total. The largest absolute Gasteiger partial charge is 0.395 e. The summed E-state index contributed by atoms with van der Waals surface area (Å²) < 4.78 is 0. The smallest absolute Gasteiger partial charge is 0.0558 e. The van der Waals surface area contributed by atoms with E-state index in [9.17, 15) is 0 Å². The molecular weight excluding hydrogens is 176 g/mol. The lowest BCUT2D eigenvalue weighted by Gasteiger charge is -2.23. The standard InChI is InChI=1S/C11H22N2O/c14-9-8-13-7-1-2-11(13)5-6-12-10-3-4-10/h10-12,14H,1-9H2. The van der Waals surface area contributed by atoms with E-state index in [-0.39, 0.29) is 0 Å². The van der Waals surface area contributed by atoms with Crippen molar-refractivity contribution in [1.82, 2.24) is 10.2 Å². The average molecular weight is 198 g/mol. The monoisotopic (exact) mass is 198 g/mol. The van der Waals surface area contributed by atoms with Gasteiger partial charge in [0.2, 0.25) is 0 Å². The second-order valence-corrected chi connectivity index (χ2v) is 4.57. The number of β-amino-alcohol motifs (C(OH)–C–C–N with tert-alkyl or cyclic N) is 1. The second-order valence-electron chi connectivity index (χ2n) is 4.57. The first-order valence-electron chi connectivity index (χ1n) is 5.98. The highest BCUT2D eigenvalue weighted by Gasteiger charge is 2.25. The Morgan fingerprint density at radius 1 is 1.29 bits per heavy atom. The fourth-order valence-corrected chi connectivity index (χ4v) is 2.39. The molecule has 2 rings (SSSR count). The number of aliphatic hydroxyl groups excluding tert-OH is 1. The summed E-state index contributed by atoms with van der Waals surface area (Å²) >= 11 is 0. The molecule has 1 saturated carbocycles. The molecule has 1 aliphatic carbocycles. The summed E-state index contributed by atoms with van der Waals surface area (Å²) in [6.07, 6.45) is 6.66. The first-order chi connectivity index (χ1) is 6.90. The van der Waals surface area contributed by atoms with Crippen LogP contribution in [0.4, 0.5) is 0 Å². The van der Waals surface area contributed by atoms with Gasteiger partial charge in [-0.1, -0.05) is 0 Å². The van der Waals surface area contributed by atoms with E-state index in [0.29, 0.717) is 6.61 Å². The molecule has 0 spiro atoms. The van der Waals surface area contributed by atoms with Gasteiger partial charge in [-0.25, -0.2) is 0 Å². The van der Waals surface area contributed by atoms with Crippen molar-refractivity contribution in [2.45, 2.75) is 44.2 Å². The highest BCUT2D eigenvalue weighted by Crippen LogP contribution is 2.21. The summed E-state index contributed by atoms with van der Waals surface area (Å²) in [5.74, 6) is 0. The number of nitrogens with one attached hydrogen (secondary N) is 1. The van der Waals surface area contributed by atoms with Gasteiger partial charge in [0.15, 0.2) is 0 Å². The number of aliphatic hydroxyl groups is 1. The molecule has 2 N–H and O–H groups in total. The van der Waals surface area contributed by atoms with E-state index in [4.69, 9.17) is 5.11 Å². The third-order valence-corrected chi connectivity index (χ3v) is 3.37. The van der Waals surface area contributed by atoms with Crippen molar-refractivity contribution in [3.8, 4) is 0 Å². The molecule has 14 heavy (non-hydrogen) atoms. The van der Waals surface area contributed by atoms with Crippen LogP contribution in [0.1, 0.15) is 32.1 Å². The molecule has 82 valence electrons. The molecule has 0 aromatic heterocycles. The zero-order chi connectivity index (χ0) is 9.80. The normalized spacial score (nSPS) is 28.5. The molecule has 0 aromatic rings. The van der Waals surface area contributed by atoms with Crippen molar-refractivity contribution in [2.24, 2.45) is 0 Å². The van der Waals surface area contributed by atoms with Gasteiger partial charge in [0.25, 0.3) is 0 Å². The summed E-state index contributed by atoms with van der Waals surface area (Å²) in [5, 5.41) is 12.5.